The van der Waals surface area contributed by atoms with E-state index in [4.69, 9.17) is 4.99 Å². The first kappa shape index (κ1) is 26.0. The van der Waals surface area contributed by atoms with Gasteiger partial charge in [-0.2, -0.15) is 0 Å². The van der Waals surface area contributed by atoms with E-state index >= 15 is 0 Å². The fraction of sp³-hybridized carbons (Fsp3) is 0.300. The first-order chi connectivity index (χ1) is 18.3. The van der Waals surface area contributed by atoms with E-state index in [0.29, 0.717) is 27.9 Å². The van der Waals surface area contributed by atoms with Crippen LogP contribution in [0.4, 0.5) is 11.4 Å². The van der Waals surface area contributed by atoms with Crippen molar-refractivity contribution < 1.29 is 13.5 Å². The number of aromatic amines is 1. The molecule has 1 aromatic heterocycles. The van der Waals surface area contributed by atoms with E-state index in [9.17, 15) is 13.5 Å². The second-order valence-electron chi connectivity index (χ2n) is 10.1. The van der Waals surface area contributed by atoms with Crippen molar-refractivity contribution in [2.75, 3.05) is 23.6 Å². The Kier molecular flexibility index (Phi) is 7.53. The Morgan fingerprint density at radius 2 is 1.76 bits per heavy atom. The molecule has 5 rings (SSSR count). The van der Waals surface area contributed by atoms with Crippen LogP contribution in [0.1, 0.15) is 43.4 Å². The van der Waals surface area contributed by atoms with Gasteiger partial charge in [0.25, 0.3) is 0 Å². The number of aromatic nitrogens is 1. The maximum absolute atomic E-state index is 12.2. The van der Waals surface area contributed by atoms with Crippen LogP contribution in [0.25, 0.3) is 10.9 Å². The van der Waals surface area contributed by atoms with Gasteiger partial charge in [-0.05, 0) is 74.7 Å². The summed E-state index contributed by atoms with van der Waals surface area (Å²) in [6.07, 6.45) is 2.50. The Bertz CT molecular complexity index is 1540. The molecule has 0 atom stereocenters. The molecule has 8 heteroatoms. The highest BCUT2D eigenvalue weighted by Gasteiger charge is 2.20. The van der Waals surface area contributed by atoms with Gasteiger partial charge in [0, 0.05) is 28.7 Å². The predicted molar refractivity (Wildman–Crippen MR) is 155 cm³/mol. The van der Waals surface area contributed by atoms with E-state index in [1.807, 2.05) is 42.5 Å². The van der Waals surface area contributed by atoms with Gasteiger partial charge in [-0.25, -0.2) is 13.4 Å². The van der Waals surface area contributed by atoms with Crippen LogP contribution in [-0.2, 0) is 16.6 Å². The first-order valence-electron chi connectivity index (χ1n) is 13.1. The number of rotatable bonds is 8. The number of anilines is 1. The molecule has 0 amide bonds. The van der Waals surface area contributed by atoms with Crippen LogP contribution in [0.2, 0.25) is 0 Å². The zero-order valence-corrected chi connectivity index (χ0v) is 22.6. The molecule has 1 fully saturated rings. The highest BCUT2D eigenvalue weighted by atomic mass is 32.2. The number of benzene rings is 3. The van der Waals surface area contributed by atoms with Crippen LogP contribution in [0.5, 0.6) is 5.88 Å². The molecule has 3 N–H and O–H groups in total. The van der Waals surface area contributed by atoms with Gasteiger partial charge in [0.1, 0.15) is 0 Å². The molecule has 2 heterocycles. The minimum Gasteiger partial charge on any atom is -0.494 e. The fourth-order valence-corrected chi connectivity index (χ4v) is 5.51. The molecule has 1 saturated heterocycles. The monoisotopic (exact) mass is 530 g/mol. The molecule has 0 radical (unpaired) electrons. The third kappa shape index (κ3) is 5.92. The number of hydrogen-bond donors (Lipinski definition) is 3. The van der Waals surface area contributed by atoms with Crippen LogP contribution in [0.15, 0.2) is 77.8 Å². The van der Waals surface area contributed by atoms with Crippen molar-refractivity contribution in [2.45, 2.75) is 33.2 Å². The fourth-order valence-electron chi connectivity index (χ4n) is 4.88. The third-order valence-electron chi connectivity index (χ3n) is 7.18. The molecule has 0 bridgehead atoms. The molecule has 1 aliphatic heterocycles. The van der Waals surface area contributed by atoms with Crippen molar-refractivity contribution >= 4 is 38.0 Å². The smallest absolute Gasteiger partial charge is 0.232 e. The van der Waals surface area contributed by atoms with E-state index < -0.39 is 10.0 Å². The second kappa shape index (κ2) is 11.0. The highest BCUT2D eigenvalue weighted by Crippen LogP contribution is 2.33. The van der Waals surface area contributed by atoms with Crippen LogP contribution < -0.4 is 4.72 Å². The van der Waals surface area contributed by atoms with Crippen molar-refractivity contribution in [3.63, 3.8) is 0 Å². The lowest BCUT2D eigenvalue weighted by molar-refractivity contribution is 0.185. The molecule has 0 saturated carbocycles. The van der Waals surface area contributed by atoms with Crippen LogP contribution >= 0.6 is 0 Å². The molecular formula is C30H34N4O3S. The van der Waals surface area contributed by atoms with Crippen LogP contribution in [0, 0.1) is 5.92 Å². The Balaban J connectivity index is 1.52. The van der Waals surface area contributed by atoms with Gasteiger partial charge in [-0.3, -0.25) is 9.62 Å². The number of fused-ring (bicyclic) bond motifs is 1. The second-order valence-corrected chi connectivity index (χ2v) is 12.1. The summed E-state index contributed by atoms with van der Waals surface area (Å²) in [5, 5.41) is 11.7. The normalized spacial score (nSPS) is 15.7. The van der Waals surface area contributed by atoms with E-state index in [1.54, 1.807) is 25.1 Å². The van der Waals surface area contributed by atoms with Gasteiger partial charge in [0.2, 0.25) is 10.0 Å². The van der Waals surface area contributed by atoms with Crippen LogP contribution in [0.3, 0.4) is 0 Å². The van der Waals surface area contributed by atoms with Gasteiger partial charge in [0.15, 0.2) is 5.88 Å². The zero-order chi connectivity index (χ0) is 26.7. The summed E-state index contributed by atoms with van der Waals surface area (Å²) in [6, 6.07) is 23.1. The van der Waals surface area contributed by atoms with Gasteiger partial charge >= 0.3 is 0 Å². The zero-order valence-electron chi connectivity index (χ0n) is 21.8. The molecule has 0 spiro atoms. The lowest BCUT2D eigenvalue weighted by Gasteiger charge is -2.30. The molecule has 7 nitrogen and oxygen atoms in total. The standard InChI is InChI=1S/C30H34N4O3S/c1-3-38(36,37)33-25-13-14-27-26(19-25)28(30(35)32-27)29(23-7-5-4-6-8-23)31-24-11-9-22(10-12-24)20-34-17-15-21(2)16-18-34/h4-14,19,21,32-33,35H,3,15-18,20H2,1-2H3. The summed E-state index contributed by atoms with van der Waals surface area (Å²) in [5.41, 5.74) is 5.11. The summed E-state index contributed by atoms with van der Waals surface area (Å²) < 4.78 is 26.9. The SMILES string of the molecule is CCS(=O)(=O)Nc1ccc2[nH]c(O)c(C(=Nc3ccc(CN4CCC(C)CC4)cc3)c3ccccc3)c2c1. The van der Waals surface area contributed by atoms with E-state index in [1.165, 1.54) is 18.4 Å². The number of aliphatic imine (C=N–C) groups is 1. The maximum Gasteiger partial charge on any atom is 0.232 e. The van der Waals surface area contributed by atoms with Gasteiger partial charge < -0.3 is 10.1 Å². The largest absolute Gasteiger partial charge is 0.494 e. The number of aromatic hydroxyl groups is 1. The number of piperidine rings is 1. The minimum absolute atomic E-state index is 0.0194. The van der Waals surface area contributed by atoms with E-state index in [0.717, 1.165) is 36.8 Å². The number of H-pyrrole nitrogens is 1. The molecule has 198 valence electrons. The molecule has 4 aromatic rings. The topological polar surface area (TPSA) is 97.8 Å². The number of sulfonamides is 1. The van der Waals surface area contributed by atoms with E-state index in [2.05, 4.69) is 33.7 Å². The van der Waals surface area contributed by atoms with Crippen molar-refractivity contribution in [1.82, 2.24) is 9.88 Å². The quantitative estimate of drug-likeness (QED) is 0.242. The number of hydrogen-bond acceptors (Lipinski definition) is 5. The van der Waals surface area contributed by atoms with Gasteiger partial charge in [-0.1, -0.05) is 49.4 Å². The van der Waals surface area contributed by atoms with Gasteiger partial charge in [0.05, 0.1) is 22.7 Å². The van der Waals surface area contributed by atoms with Crippen molar-refractivity contribution in [3.05, 3.63) is 89.5 Å². The van der Waals surface area contributed by atoms with Crippen molar-refractivity contribution in [2.24, 2.45) is 10.9 Å². The average Bonchev–Trinajstić information content (AvgIpc) is 3.24. The number of nitrogens with one attached hydrogen (secondary N) is 2. The Hall–Kier alpha value is -3.62. The highest BCUT2D eigenvalue weighted by molar-refractivity contribution is 7.92. The van der Waals surface area contributed by atoms with Crippen molar-refractivity contribution in [1.29, 1.82) is 0 Å². The summed E-state index contributed by atoms with van der Waals surface area (Å²) in [6.45, 7) is 7.12. The Morgan fingerprint density at radius 3 is 2.45 bits per heavy atom. The predicted octanol–water partition coefficient (Wildman–Crippen LogP) is 6.04. The summed E-state index contributed by atoms with van der Waals surface area (Å²) >= 11 is 0. The van der Waals surface area contributed by atoms with Crippen LogP contribution in [-0.4, -0.2) is 48.0 Å². The van der Waals surface area contributed by atoms with E-state index in [-0.39, 0.29) is 11.6 Å². The molecular weight excluding hydrogens is 496 g/mol. The minimum atomic E-state index is -3.44. The molecule has 0 aliphatic carbocycles. The number of likely N-dealkylation sites (tertiary alicyclic amines) is 1. The average molecular weight is 531 g/mol. The van der Waals surface area contributed by atoms with Crippen molar-refractivity contribution in [3.8, 4) is 5.88 Å². The summed E-state index contributed by atoms with van der Waals surface area (Å²) in [5.74, 6) is 0.761. The molecule has 38 heavy (non-hydrogen) atoms. The summed E-state index contributed by atoms with van der Waals surface area (Å²) in [4.78, 5) is 10.5. The molecule has 3 aromatic carbocycles. The molecule has 1 aliphatic rings. The first-order valence-corrected chi connectivity index (χ1v) is 14.8. The lowest BCUT2D eigenvalue weighted by Crippen LogP contribution is -2.32. The Labute approximate surface area is 224 Å². The lowest BCUT2D eigenvalue weighted by atomic mass is 9.99. The third-order valence-corrected chi connectivity index (χ3v) is 8.48. The maximum atomic E-state index is 12.2. The Morgan fingerprint density at radius 1 is 1.05 bits per heavy atom. The number of nitrogens with zero attached hydrogens (tertiary/aromatic N) is 2. The molecule has 0 unspecified atom stereocenters. The summed E-state index contributed by atoms with van der Waals surface area (Å²) in [7, 11) is -3.44. The van der Waals surface area contributed by atoms with Gasteiger partial charge in [-0.15, -0.1) is 0 Å².